The first kappa shape index (κ1) is 14.0. The van der Waals surface area contributed by atoms with E-state index in [1.54, 1.807) is 0 Å². The van der Waals surface area contributed by atoms with Gasteiger partial charge >= 0.3 is 0 Å². The molecule has 1 N–H and O–H groups in total. The molecule has 16 heavy (non-hydrogen) atoms. The molecule has 0 saturated heterocycles. The minimum atomic E-state index is -2.85. The Labute approximate surface area is 99.9 Å². The van der Waals surface area contributed by atoms with E-state index in [0.29, 0.717) is 6.04 Å². The van der Waals surface area contributed by atoms with E-state index in [1.807, 2.05) is 6.92 Å². The molecule has 0 aromatic rings. The van der Waals surface area contributed by atoms with Crippen molar-refractivity contribution >= 4 is 9.84 Å². The van der Waals surface area contributed by atoms with Crippen molar-refractivity contribution in [2.75, 3.05) is 12.0 Å². The van der Waals surface area contributed by atoms with Crippen LogP contribution in [-0.2, 0) is 9.84 Å². The maximum absolute atomic E-state index is 11.2. The predicted molar refractivity (Wildman–Crippen MR) is 68.4 cm³/mol. The molecule has 0 radical (unpaired) electrons. The van der Waals surface area contributed by atoms with Crippen molar-refractivity contribution in [3.8, 4) is 0 Å². The Morgan fingerprint density at radius 2 is 1.62 bits per heavy atom. The zero-order chi connectivity index (χ0) is 12.0. The van der Waals surface area contributed by atoms with E-state index in [4.69, 9.17) is 0 Å². The monoisotopic (exact) mass is 247 g/mol. The van der Waals surface area contributed by atoms with Crippen LogP contribution >= 0.6 is 0 Å². The number of hydrogen-bond donors (Lipinski definition) is 1. The van der Waals surface area contributed by atoms with Gasteiger partial charge in [0, 0.05) is 18.3 Å². The van der Waals surface area contributed by atoms with Crippen LogP contribution in [0.4, 0.5) is 0 Å². The molecule has 1 aliphatic rings. The summed E-state index contributed by atoms with van der Waals surface area (Å²) in [5.41, 5.74) is 0. The molecule has 1 aliphatic carbocycles. The standard InChI is InChI=1S/C12H25NO2S/c1-11(10-16(2,14)15)13-12-8-6-4-3-5-7-9-12/h11-13H,3-10H2,1-2H3. The van der Waals surface area contributed by atoms with Crippen LogP contribution in [0.25, 0.3) is 0 Å². The Morgan fingerprint density at radius 1 is 1.12 bits per heavy atom. The Morgan fingerprint density at radius 3 is 2.12 bits per heavy atom. The molecule has 4 heteroatoms. The van der Waals surface area contributed by atoms with Gasteiger partial charge in [-0.3, -0.25) is 0 Å². The maximum Gasteiger partial charge on any atom is 0.148 e. The summed E-state index contributed by atoms with van der Waals surface area (Å²) in [6.07, 6.45) is 10.3. The molecule has 0 heterocycles. The van der Waals surface area contributed by atoms with Gasteiger partial charge in [-0.2, -0.15) is 0 Å². The zero-order valence-corrected chi connectivity index (χ0v) is 11.4. The summed E-state index contributed by atoms with van der Waals surface area (Å²) in [4.78, 5) is 0. The highest BCUT2D eigenvalue weighted by Crippen LogP contribution is 2.17. The number of hydrogen-bond acceptors (Lipinski definition) is 3. The summed E-state index contributed by atoms with van der Waals surface area (Å²) >= 11 is 0. The van der Waals surface area contributed by atoms with E-state index in [1.165, 1.54) is 51.2 Å². The van der Waals surface area contributed by atoms with Crippen LogP contribution < -0.4 is 5.32 Å². The third kappa shape index (κ3) is 6.48. The summed E-state index contributed by atoms with van der Waals surface area (Å²) in [7, 11) is -2.85. The molecular weight excluding hydrogens is 222 g/mol. The molecule has 1 unspecified atom stereocenters. The van der Waals surface area contributed by atoms with Gasteiger partial charge < -0.3 is 5.32 Å². The minimum absolute atomic E-state index is 0.0828. The Kier molecular flexibility index (Phi) is 5.76. The van der Waals surface area contributed by atoms with Crippen molar-refractivity contribution in [1.82, 2.24) is 5.32 Å². The van der Waals surface area contributed by atoms with E-state index >= 15 is 0 Å². The first-order valence-corrected chi connectivity index (χ1v) is 8.47. The zero-order valence-electron chi connectivity index (χ0n) is 10.5. The van der Waals surface area contributed by atoms with Gasteiger partial charge in [-0.05, 0) is 19.8 Å². The van der Waals surface area contributed by atoms with Gasteiger partial charge in [-0.15, -0.1) is 0 Å². The Balaban J connectivity index is 2.33. The predicted octanol–water partition coefficient (Wildman–Crippen LogP) is 2.12. The lowest BCUT2D eigenvalue weighted by Gasteiger charge is -2.24. The average Bonchev–Trinajstić information content (AvgIpc) is 2.06. The van der Waals surface area contributed by atoms with Gasteiger partial charge in [0.25, 0.3) is 0 Å². The molecule has 3 nitrogen and oxygen atoms in total. The number of sulfone groups is 1. The average molecular weight is 247 g/mol. The van der Waals surface area contributed by atoms with Gasteiger partial charge in [-0.1, -0.05) is 32.1 Å². The van der Waals surface area contributed by atoms with E-state index in [0.717, 1.165) is 0 Å². The summed E-state index contributed by atoms with van der Waals surface area (Å²) < 4.78 is 22.3. The van der Waals surface area contributed by atoms with Crippen molar-refractivity contribution in [3.05, 3.63) is 0 Å². The normalized spacial score (nSPS) is 22.4. The molecule has 0 amide bonds. The molecule has 1 fully saturated rings. The molecule has 0 aromatic carbocycles. The topological polar surface area (TPSA) is 46.2 Å². The molecule has 0 aromatic heterocycles. The lowest BCUT2D eigenvalue weighted by molar-refractivity contribution is 0.368. The highest BCUT2D eigenvalue weighted by atomic mass is 32.2. The molecule has 0 bridgehead atoms. The second-order valence-electron chi connectivity index (χ2n) is 5.20. The molecule has 0 spiro atoms. The Hall–Kier alpha value is -0.0900. The summed E-state index contributed by atoms with van der Waals surface area (Å²) in [5, 5.41) is 3.46. The molecule has 1 rings (SSSR count). The first-order chi connectivity index (χ1) is 7.47. The smallest absolute Gasteiger partial charge is 0.148 e. The van der Waals surface area contributed by atoms with Crippen LogP contribution in [0, 0.1) is 0 Å². The highest BCUT2D eigenvalue weighted by Gasteiger charge is 2.16. The summed E-state index contributed by atoms with van der Waals surface area (Å²) in [6.45, 7) is 1.97. The first-order valence-electron chi connectivity index (χ1n) is 6.41. The second kappa shape index (κ2) is 6.60. The van der Waals surface area contributed by atoms with Gasteiger partial charge in [0.1, 0.15) is 9.84 Å². The second-order valence-corrected chi connectivity index (χ2v) is 7.39. The molecular formula is C12H25NO2S. The summed E-state index contributed by atoms with van der Waals surface area (Å²) in [5.74, 6) is 0.253. The van der Waals surface area contributed by atoms with Crippen molar-refractivity contribution in [2.45, 2.75) is 64.0 Å². The van der Waals surface area contributed by atoms with Gasteiger partial charge in [0.05, 0.1) is 5.75 Å². The van der Waals surface area contributed by atoms with E-state index < -0.39 is 9.84 Å². The summed E-state index contributed by atoms with van der Waals surface area (Å²) in [6, 6.07) is 0.608. The minimum Gasteiger partial charge on any atom is -0.310 e. The molecule has 1 atom stereocenters. The number of rotatable bonds is 4. The fraction of sp³-hybridized carbons (Fsp3) is 1.00. The number of nitrogens with one attached hydrogen (secondary N) is 1. The molecule has 0 aliphatic heterocycles. The fourth-order valence-electron chi connectivity index (χ4n) is 2.53. The molecule has 1 saturated carbocycles. The largest absolute Gasteiger partial charge is 0.310 e. The molecule has 96 valence electrons. The third-order valence-corrected chi connectivity index (χ3v) is 4.28. The fourth-order valence-corrected chi connectivity index (χ4v) is 3.53. The van der Waals surface area contributed by atoms with E-state index in [-0.39, 0.29) is 11.8 Å². The lowest BCUT2D eigenvalue weighted by atomic mass is 9.96. The maximum atomic E-state index is 11.2. The van der Waals surface area contributed by atoms with Crippen LogP contribution in [0.5, 0.6) is 0 Å². The lowest BCUT2D eigenvalue weighted by Crippen LogP contribution is -2.40. The van der Waals surface area contributed by atoms with Crippen molar-refractivity contribution < 1.29 is 8.42 Å². The van der Waals surface area contributed by atoms with Crippen LogP contribution in [0.15, 0.2) is 0 Å². The van der Waals surface area contributed by atoms with Crippen LogP contribution in [-0.4, -0.2) is 32.5 Å². The van der Waals surface area contributed by atoms with E-state index in [2.05, 4.69) is 5.32 Å². The van der Waals surface area contributed by atoms with Gasteiger partial charge in [0.15, 0.2) is 0 Å². The van der Waals surface area contributed by atoms with Crippen LogP contribution in [0.2, 0.25) is 0 Å². The van der Waals surface area contributed by atoms with Crippen LogP contribution in [0.1, 0.15) is 51.9 Å². The SMILES string of the molecule is CC(CS(C)(=O)=O)NC1CCCCCCC1. The van der Waals surface area contributed by atoms with Crippen molar-refractivity contribution in [1.29, 1.82) is 0 Å². The quantitative estimate of drug-likeness (QED) is 0.827. The van der Waals surface area contributed by atoms with E-state index in [9.17, 15) is 8.42 Å². The van der Waals surface area contributed by atoms with Crippen LogP contribution in [0.3, 0.4) is 0 Å². The van der Waals surface area contributed by atoms with Gasteiger partial charge in [0.2, 0.25) is 0 Å². The van der Waals surface area contributed by atoms with Crippen molar-refractivity contribution in [2.24, 2.45) is 0 Å². The van der Waals surface area contributed by atoms with Crippen molar-refractivity contribution in [3.63, 3.8) is 0 Å². The Bertz CT molecular complexity index is 279. The third-order valence-electron chi connectivity index (χ3n) is 3.18. The highest BCUT2D eigenvalue weighted by molar-refractivity contribution is 7.90. The van der Waals surface area contributed by atoms with Gasteiger partial charge in [-0.25, -0.2) is 8.42 Å².